The molecule has 2 N–H and O–H groups in total. The number of pyridine rings is 1. The van der Waals surface area contributed by atoms with Crippen molar-refractivity contribution in [2.45, 2.75) is 5.92 Å². The van der Waals surface area contributed by atoms with Gasteiger partial charge in [0.25, 0.3) is 0 Å². The van der Waals surface area contributed by atoms with Gasteiger partial charge in [-0.05, 0) is 29.8 Å². The monoisotopic (exact) mass is 389 g/mol. The van der Waals surface area contributed by atoms with Gasteiger partial charge in [0, 0.05) is 30.6 Å². The highest BCUT2D eigenvalue weighted by Gasteiger charge is 2.34. The molecule has 0 bridgehead atoms. The normalized spacial score (nSPS) is 18.6. The van der Waals surface area contributed by atoms with E-state index in [1.54, 1.807) is 6.20 Å². The molecule has 2 atom stereocenters. The average molecular weight is 390 g/mol. The van der Waals surface area contributed by atoms with E-state index in [9.17, 15) is 4.79 Å². The second-order valence-corrected chi connectivity index (χ2v) is 6.15. The predicted molar refractivity (Wildman–Crippen MR) is 110 cm³/mol. The van der Waals surface area contributed by atoms with Crippen molar-refractivity contribution >= 4 is 47.3 Å². The first-order chi connectivity index (χ1) is 11.8. The van der Waals surface area contributed by atoms with Gasteiger partial charge in [-0.2, -0.15) is 0 Å². The van der Waals surface area contributed by atoms with Crippen molar-refractivity contribution in [1.82, 2.24) is 10.3 Å². The minimum atomic E-state index is -0.0701. The molecule has 2 unspecified atom stereocenters. The van der Waals surface area contributed by atoms with Crippen molar-refractivity contribution < 1.29 is 4.79 Å². The third-order valence-electron chi connectivity index (χ3n) is 4.68. The van der Waals surface area contributed by atoms with Crippen LogP contribution >= 0.6 is 24.8 Å². The Kier molecular flexibility index (Phi) is 6.98. The largest absolute Gasteiger partial charge is 0.325 e. The first kappa shape index (κ1) is 20.2. The van der Waals surface area contributed by atoms with Gasteiger partial charge in [-0.3, -0.25) is 9.78 Å². The van der Waals surface area contributed by atoms with E-state index in [-0.39, 0.29) is 42.6 Å². The van der Waals surface area contributed by atoms with E-state index in [0.29, 0.717) is 6.54 Å². The summed E-state index contributed by atoms with van der Waals surface area (Å²) in [5, 5.41) is 7.43. The van der Waals surface area contributed by atoms with Crippen LogP contribution in [0.15, 0.2) is 66.9 Å². The van der Waals surface area contributed by atoms with E-state index in [1.165, 1.54) is 5.56 Å². The highest BCUT2D eigenvalue weighted by atomic mass is 35.5. The van der Waals surface area contributed by atoms with Gasteiger partial charge in [0.05, 0.1) is 17.1 Å². The zero-order valence-electron chi connectivity index (χ0n) is 14.1. The van der Waals surface area contributed by atoms with Gasteiger partial charge in [0.2, 0.25) is 5.91 Å². The molecule has 0 radical (unpaired) electrons. The number of rotatable bonds is 3. The van der Waals surface area contributed by atoms with Gasteiger partial charge >= 0.3 is 0 Å². The number of aromatic nitrogens is 1. The quantitative estimate of drug-likeness (QED) is 0.710. The second-order valence-electron chi connectivity index (χ2n) is 6.15. The zero-order valence-corrected chi connectivity index (χ0v) is 15.7. The maximum atomic E-state index is 12.9. The van der Waals surface area contributed by atoms with Crippen LogP contribution in [-0.2, 0) is 4.79 Å². The Bertz CT molecular complexity index is 868. The SMILES string of the molecule is Cl.Cl.O=C(Nc1cccc2ncccc12)C1CNCC1c1ccccc1. The fourth-order valence-electron chi connectivity index (χ4n) is 3.44. The van der Waals surface area contributed by atoms with Gasteiger partial charge in [-0.1, -0.05) is 36.4 Å². The van der Waals surface area contributed by atoms with Crippen molar-refractivity contribution in [3.05, 3.63) is 72.4 Å². The fourth-order valence-corrected chi connectivity index (χ4v) is 3.44. The summed E-state index contributed by atoms with van der Waals surface area (Å²) < 4.78 is 0. The molecule has 6 heteroatoms. The summed E-state index contributed by atoms with van der Waals surface area (Å²) in [5.41, 5.74) is 2.92. The number of nitrogens with one attached hydrogen (secondary N) is 2. The van der Waals surface area contributed by atoms with E-state index in [2.05, 4.69) is 27.8 Å². The number of amides is 1. The van der Waals surface area contributed by atoms with Gasteiger partial charge in [-0.15, -0.1) is 24.8 Å². The highest BCUT2D eigenvalue weighted by molar-refractivity contribution is 6.02. The molecule has 0 saturated carbocycles. The average Bonchev–Trinajstić information content (AvgIpc) is 3.13. The van der Waals surface area contributed by atoms with E-state index in [4.69, 9.17) is 0 Å². The van der Waals surface area contributed by atoms with Gasteiger partial charge < -0.3 is 10.6 Å². The topological polar surface area (TPSA) is 54.0 Å². The smallest absolute Gasteiger partial charge is 0.229 e. The van der Waals surface area contributed by atoms with Gasteiger partial charge in [-0.25, -0.2) is 0 Å². The molecule has 1 fully saturated rings. The van der Waals surface area contributed by atoms with Crippen LogP contribution in [0, 0.1) is 5.92 Å². The lowest BCUT2D eigenvalue weighted by Gasteiger charge is -2.19. The Morgan fingerprint density at radius 2 is 1.77 bits per heavy atom. The van der Waals surface area contributed by atoms with Crippen LogP contribution in [0.5, 0.6) is 0 Å². The number of anilines is 1. The maximum Gasteiger partial charge on any atom is 0.229 e. The Labute approximate surface area is 165 Å². The number of benzene rings is 2. The summed E-state index contributed by atoms with van der Waals surface area (Å²) >= 11 is 0. The molecule has 0 aliphatic carbocycles. The molecule has 2 heterocycles. The zero-order chi connectivity index (χ0) is 16.4. The lowest BCUT2D eigenvalue weighted by molar-refractivity contribution is -0.119. The second kappa shape index (κ2) is 8.99. The summed E-state index contributed by atoms with van der Waals surface area (Å²) in [4.78, 5) is 17.2. The summed E-state index contributed by atoms with van der Waals surface area (Å²) in [5.74, 6) is 0.198. The fraction of sp³-hybridized carbons (Fsp3) is 0.200. The van der Waals surface area contributed by atoms with Crippen LogP contribution in [0.25, 0.3) is 10.9 Å². The van der Waals surface area contributed by atoms with Crippen LogP contribution in [-0.4, -0.2) is 24.0 Å². The Hall–Kier alpha value is -2.14. The molecule has 1 aliphatic heterocycles. The highest BCUT2D eigenvalue weighted by Crippen LogP contribution is 2.30. The Morgan fingerprint density at radius 3 is 2.58 bits per heavy atom. The Morgan fingerprint density at radius 1 is 0.962 bits per heavy atom. The van der Waals surface area contributed by atoms with Crippen molar-refractivity contribution in [2.24, 2.45) is 5.92 Å². The molecule has 2 aromatic carbocycles. The summed E-state index contributed by atoms with van der Waals surface area (Å²) in [7, 11) is 0. The number of halogens is 2. The molecule has 1 aromatic heterocycles. The molecule has 1 saturated heterocycles. The molecule has 4 nitrogen and oxygen atoms in total. The molecule has 4 rings (SSSR count). The third kappa shape index (κ3) is 3.98. The molecule has 26 heavy (non-hydrogen) atoms. The lowest BCUT2D eigenvalue weighted by Crippen LogP contribution is -2.28. The maximum absolute atomic E-state index is 12.9. The first-order valence-electron chi connectivity index (χ1n) is 8.23. The summed E-state index contributed by atoms with van der Waals surface area (Å²) in [6.07, 6.45) is 1.76. The minimum Gasteiger partial charge on any atom is -0.325 e. The molecule has 1 amide bonds. The van der Waals surface area contributed by atoms with E-state index in [0.717, 1.165) is 23.1 Å². The minimum absolute atomic E-state index is 0. The number of nitrogens with zero attached hydrogens (tertiary/aromatic N) is 1. The number of carbonyl (C=O) groups excluding carboxylic acids is 1. The first-order valence-corrected chi connectivity index (χ1v) is 8.23. The third-order valence-corrected chi connectivity index (χ3v) is 4.68. The van der Waals surface area contributed by atoms with Crippen molar-refractivity contribution in [1.29, 1.82) is 0 Å². The summed E-state index contributed by atoms with van der Waals surface area (Å²) in [6, 6.07) is 19.9. The molecule has 1 aliphatic rings. The van der Waals surface area contributed by atoms with E-state index < -0.39 is 0 Å². The van der Waals surface area contributed by atoms with Crippen LogP contribution in [0.1, 0.15) is 11.5 Å². The van der Waals surface area contributed by atoms with Crippen LogP contribution in [0.2, 0.25) is 0 Å². The van der Waals surface area contributed by atoms with Crippen molar-refractivity contribution in [2.75, 3.05) is 18.4 Å². The molecular weight excluding hydrogens is 369 g/mol. The predicted octanol–water partition coefficient (Wildman–Crippen LogP) is 4.02. The molecule has 3 aromatic rings. The van der Waals surface area contributed by atoms with E-state index >= 15 is 0 Å². The summed E-state index contributed by atoms with van der Waals surface area (Å²) in [6.45, 7) is 1.54. The van der Waals surface area contributed by atoms with Crippen molar-refractivity contribution in [3.63, 3.8) is 0 Å². The van der Waals surface area contributed by atoms with Crippen LogP contribution < -0.4 is 10.6 Å². The van der Waals surface area contributed by atoms with E-state index in [1.807, 2.05) is 48.5 Å². The number of hydrogen-bond donors (Lipinski definition) is 2. The molecular formula is C20H21Cl2N3O. The number of fused-ring (bicyclic) bond motifs is 1. The number of carbonyl (C=O) groups is 1. The number of hydrogen-bond acceptors (Lipinski definition) is 3. The van der Waals surface area contributed by atoms with Gasteiger partial charge in [0.15, 0.2) is 0 Å². The molecule has 136 valence electrons. The van der Waals surface area contributed by atoms with Crippen molar-refractivity contribution in [3.8, 4) is 0 Å². The Balaban J connectivity index is 0.00000121. The molecule has 0 spiro atoms. The van der Waals surface area contributed by atoms with Crippen LogP contribution in [0.3, 0.4) is 0 Å². The standard InChI is InChI=1S/C20H19N3O.2ClH/c24-20(17-13-21-12-16(17)14-6-2-1-3-7-14)23-19-10-4-9-18-15(19)8-5-11-22-18;;/h1-11,16-17,21H,12-13H2,(H,23,24);2*1H. The lowest BCUT2D eigenvalue weighted by atomic mass is 9.88. The van der Waals surface area contributed by atoms with Gasteiger partial charge in [0.1, 0.15) is 0 Å². The van der Waals surface area contributed by atoms with Crippen LogP contribution in [0.4, 0.5) is 5.69 Å².